The lowest BCUT2D eigenvalue weighted by molar-refractivity contribution is -0.285. The molecule has 0 bridgehead atoms. The summed E-state index contributed by atoms with van der Waals surface area (Å²) < 4.78 is 66.7. The van der Waals surface area contributed by atoms with E-state index >= 15 is 0 Å². The van der Waals surface area contributed by atoms with Gasteiger partial charge in [-0.25, -0.2) is 9.97 Å². The second-order valence-corrected chi connectivity index (χ2v) is 10.8. The first-order valence-electron chi connectivity index (χ1n) is 12.9. The summed E-state index contributed by atoms with van der Waals surface area (Å²) in [4.78, 5) is 33.6. The van der Waals surface area contributed by atoms with Crippen molar-refractivity contribution in [1.82, 2.24) is 19.7 Å². The number of nitrogens with one attached hydrogen (secondary N) is 1. The maximum absolute atomic E-state index is 13.7. The smallest absolute Gasteiger partial charge is 0.453 e. The van der Waals surface area contributed by atoms with Crippen LogP contribution in [-0.2, 0) is 21.5 Å². The van der Waals surface area contributed by atoms with Gasteiger partial charge in [0.2, 0.25) is 5.91 Å². The quantitative estimate of drug-likeness (QED) is 0.221. The Hall–Kier alpha value is -4.84. The lowest BCUT2D eigenvalue weighted by Gasteiger charge is -2.24. The fourth-order valence-corrected chi connectivity index (χ4v) is 5.30. The number of nitrogens with zero attached hydrogens (tertiary/aromatic N) is 5. The number of fused-ring (bicyclic) bond motifs is 2. The number of hydrogen-bond donors (Lipinski definition) is 3. The molecule has 2 aromatic heterocycles. The summed E-state index contributed by atoms with van der Waals surface area (Å²) >= 11 is 6.06. The number of nitriles is 1. The molecule has 44 heavy (non-hydrogen) atoms. The predicted molar refractivity (Wildman–Crippen MR) is 148 cm³/mol. The Morgan fingerprint density at radius 3 is 2.55 bits per heavy atom. The maximum atomic E-state index is 13.7. The summed E-state index contributed by atoms with van der Waals surface area (Å²) in [7, 11) is 0. The highest BCUT2D eigenvalue weighted by atomic mass is 35.5. The second kappa shape index (κ2) is 10.4. The topological polar surface area (TPSA) is 160 Å². The summed E-state index contributed by atoms with van der Waals surface area (Å²) in [5, 5.41) is 26.4. The van der Waals surface area contributed by atoms with Crippen LogP contribution in [0.3, 0.4) is 0 Å². The highest BCUT2D eigenvalue weighted by molar-refractivity contribution is 6.31. The third-order valence-electron chi connectivity index (χ3n) is 7.69. The van der Waals surface area contributed by atoms with Gasteiger partial charge in [0.1, 0.15) is 22.7 Å². The number of carboxylic acid groups (broad SMARTS) is 1. The van der Waals surface area contributed by atoms with Crippen LogP contribution < -0.4 is 11.1 Å². The number of carbonyl (C=O) groups is 2. The molecule has 0 saturated carbocycles. The van der Waals surface area contributed by atoms with Gasteiger partial charge < -0.3 is 16.2 Å². The van der Waals surface area contributed by atoms with Gasteiger partial charge in [-0.15, -0.1) is 0 Å². The van der Waals surface area contributed by atoms with E-state index in [1.54, 1.807) is 0 Å². The zero-order valence-corrected chi connectivity index (χ0v) is 23.6. The molecule has 228 valence electrons. The molecule has 4 N–H and O–H groups in total. The van der Waals surface area contributed by atoms with Crippen molar-refractivity contribution in [1.29, 1.82) is 5.26 Å². The molecule has 3 heterocycles. The number of amides is 1. The van der Waals surface area contributed by atoms with Crippen molar-refractivity contribution in [3.8, 4) is 17.6 Å². The molecule has 0 spiro atoms. The van der Waals surface area contributed by atoms with Gasteiger partial charge in [0.05, 0.1) is 28.6 Å². The van der Waals surface area contributed by atoms with Crippen LogP contribution in [0.1, 0.15) is 48.4 Å². The molecule has 0 radical (unpaired) electrons. The van der Waals surface area contributed by atoms with E-state index in [1.807, 2.05) is 6.07 Å². The van der Waals surface area contributed by atoms with Crippen LogP contribution >= 0.6 is 11.6 Å². The third kappa shape index (κ3) is 4.84. The zero-order chi connectivity index (χ0) is 32.4. The van der Waals surface area contributed by atoms with E-state index in [1.165, 1.54) is 50.2 Å². The van der Waals surface area contributed by atoms with Crippen molar-refractivity contribution in [2.45, 2.75) is 50.2 Å². The van der Waals surface area contributed by atoms with E-state index in [0.717, 1.165) is 4.68 Å². The van der Waals surface area contributed by atoms with Crippen LogP contribution in [0, 0.1) is 11.3 Å². The van der Waals surface area contributed by atoms with Crippen molar-refractivity contribution >= 4 is 46.0 Å². The van der Waals surface area contributed by atoms with Gasteiger partial charge in [-0.2, -0.15) is 32.3 Å². The van der Waals surface area contributed by atoms with Crippen LogP contribution in [0.15, 0.2) is 36.4 Å². The van der Waals surface area contributed by atoms with Gasteiger partial charge in [-0.1, -0.05) is 23.7 Å². The van der Waals surface area contributed by atoms with Gasteiger partial charge in [0.15, 0.2) is 5.82 Å². The number of halogens is 6. The Morgan fingerprint density at radius 1 is 1.20 bits per heavy atom. The normalized spacial score (nSPS) is 17.3. The minimum Gasteiger partial charge on any atom is -0.481 e. The molecule has 0 aliphatic carbocycles. The van der Waals surface area contributed by atoms with Gasteiger partial charge in [0.25, 0.3) is 0 Å². The Kier molecular flexibility index (Phi) is 7.24. The van der Waals surface area contributed by atoms with Crippen molar-refractivity contribution in [3.63, 3.8) is 0 Å². The highest BCUT2D eigenvalue weighted by Crippen LogP contribution is 2.46. The fraction of sp³-hybridized carbons (Fsp3) is 0.286. The van der Waals surface area contributed by atoms with Crippen LogP contribution in [0.4, 0.5) is 33.6 Å². The van der Waals surface area contributed by atoms with Crippen LogP contribution in [-0.4, -0.2) is 48.8 Å². The molecule has 10 nitrogen and oxygen atoms in total. The van der Waals surface area contributed by atoms with E-state index in [0.29, 0.717) is 5.56 Å². The van der Waals surface area contributed by atoms with E-state index in [9.17, 15) is 41.9 Å². The molecule has 1 amide bonds. The first kappa shape index (κ1) is 30.6. The molecule has 5 rings (SSSR count). The van der Waals surface area contributed by atoms with E-state index in [4.69, 9.17) is 17.3 Å². The number of alkyl halides is 5. The number of nitrogen functional groups attached to an aromatic ring is 1. The standard InChI is InChI=1S/C28H21ClF5N7O3/c1-12(24(42)43)16-5-3-14(9-13(16)11-35)26(2)19-21(36)37-23(38-22(19)39-25(26)44)20-17-6-4-15(29)10-18(17)41(40-20)8-7-27(30,31)28(32,33)34/h3-6,9-10,12H,7-8H2,1-2H3,(H,42,43)(H3,36,37,38,39,44). The SMILES string of the molecule is CC(C(=O)O)c1ccc(C2(C)C(=O)Nc3nc(-c4nn(CCC(F)(F)C(F)(F)F)c5cc(Cl)ccc45)nc(N)c32)cc1C#N. The summed E-state index contributed by atoms with van der Waals surface area (Å²) in [5.74, 6) is -8.01. The van der Waals surface area contributed by atoms with Gasteiger partial charge in [-0.3, -0.25) is 14.3 Å². The number of aryl methyl sites for hydroxylation is 1. The highest BCUT2D eigenvalue weighted by Gasteiger charge is 2.57. The Labute approximate surface area is 250 Å². The lowest BCUT2D eigenvalue weighted by Crippen LogP contribution is -2.37. The number of nitrogens with two attached hydrogens (primary N) is 1. The molecule has 2 aromatic carbocycles. The second-order valence-electron chi connectivity index (χ2n) is 10.4. The number of carbonyl (C=O) groups excluding carboxylic acids is 1. The Morgan fingerprint density at radius 2 is 1.91 bits per heavy atom. The Balaban J connectivity index is 1.60. The van der Waals surface area contributed by atoms with Gasteiger partial charge in [0, 0.05) is 23.4 Å². The number of carboxylic acids is 1. The summed E-state index contributed by atoms with van der Waals surface area (Å²) in [6.45, 7) is 2.12. The van der Waals surface area contributed by atoms with Crippen molar-refractivity contribution in [2.75, 3.05) is 11.1 Å². The average Bonchev–Trinajstić information content (AvgIpc) is 3.44. The molecule has 0 fully saturated rings. The van der Waals surface area contributed by atoms with Crippen molar-refractivity contribution in [2.24, 2.45) is 0 Å². The molecule has 2 unspecified atom stereocenters. The van der Waals surface area contributed by atoms with E-state index in [2.05, 4.69) is 20.4 Å². The zero-order valence-electron chi connectivity index (χ0n) is 22.8. The lowest BCUT2D eigenvalue weighted by atomic mass is 9.76. The van der Waals surface area contributed by atoms with Crippen LogP contribution in [0.25, 0.3) is 22.4 Å². The number of anilines is 2. The molecular formula is C28H21ClF5N7O3. The number of aromatic nitrogens is 4. The fourth-order valence-electron chi connectivity index (χ4n) is 5.13. The molecule has 2 atom stereocenters. The molecule has 16 heteroatoms. The molecule has 1 aliphatic rings. The largest absolute Gasteiger partial charge is 0.481 e. The summed E-state index contributed by atoms with van der Waals surface area (Å²) in [5.41, 5.74) is 5.73. The minimum atomic E-state index is -5.75. The van der Waals surface area contributed by atoms with Gasteiger partial charge in [-0.05, 0) is 49.2 Å². The molecule has 0 saturated heterocycles. The Bertz CT molecular complexity index is 1900. The third-order valence-corrected chi connectivity index (χ3v) is 7.92. The average molecular weight is 634 g/mol. The van der Waals surface area contributed by atoms with Crippen LogP contribution in [0.5, 0.6) is 0 Å². The number of aliphatic carboxylic acids is 1. The number of rotatable bonds is 7. The summed E-state index contributed by atoms with van der Waals surface area (Å²) in [6.07, 6.45) is -7.34. The minimum absolute atomic E-state index is 0.0110. The van der Waals surface area contributed by atoms with Crippen LogP contribution in [0.2, 0.25) is 5.02 Å². The molecule has 4 aromatic rings. The first-order valence-corrected chi connectivity index (χ1v) is 13.2. The van der Waals surface area contributed by atoms with Crippen molar-refractivity contribution in [3.05, 3.63) is 63.7 Å². The summed E-state index contributed by atoms with van der Waals surface area (Å²) in [6, 6.07) is 10.6. The molecular weight excluding hydrogens is 613 g/mol. The van der Waals surface area contributed by atoms with Crippen molar-refractivity contribution < 1.29 is 36.6 Å². The number of benzene rings is 2. The monoisotopic (exact) mass is 633 g/mol. The number of hydrogen-bond acceptors (Lipinski definition) is 7. The van der Waals surface area contributed by atoms with Gasteiger partial charge >= 0.3 is 18.1 Å². The maximum Gasteiger partial charge on any atom is 0.453 e. The van der Waals surface area contributed by atoms with E-state index < -0.39 is 48.3 Å². The van der Waals surface area contributed by atoms with E-state index in [-0.39, 0.29) is 55.8 Å². The first-order chi connectivity index (χ1) is 20.5. The predicted octanol–water partition coefficient (Wildman–Crippen LogP) is 5.63. The molecule has 1 aliphatic heterocycles.